The van der Waals surface area contributed by atoms with E-state index in [2.05, 4.69) is 0 Å². The Morgan fingerprint density at radius 1 is 0.889 bits per heavy atom. The zero-order valence-electron chi connectivity index (χ0n) is 5.34. The third-order valence-electron chi connectivity index (χ3n) is 0. The summed E-state index contributed by atoms with van der Waals surface area (Å²) in [6.07, 6.45) is 0. The van der Waals surface area contributed by atoms with E-state index in [1.807, 2.05) is 0 Å². The average Bonchev–Trinajstić information content (AvgIpc) is 1.39. The Bertz CT molecular complexity index is 33.5. The zero-order valence-corrected chi connectivity index (χ0v) is 20.1. The first-order valence-corrected chi connectivity index (χ1v) is 4.24. The molecule has 0 aliphatic heterocycles. The van der Waals surface area contributed by atoms with Crippen LogP contribution in [0.1, 0.15) is 0 Å². The van der Waals surface area contributed by atoms with E-state index in [1.165, 1.54) is 0 Å². The van der Waals surface area contributed by atoms with E-state index in [4.69, 9.17) is 15.8 Å². The van der Waals surface area contributed by atoms with Gasteiger partial charge in [0, 0.05) is 0 Å². The normalized spacial score (nSPS) is 2.67. The van der Waals surface area contributed by atoms with Crippen molar-refractivity contribution in [2.45, 2.75) is 0 Å². The molecule has 0 heterocycles. The first kappa shape index (κ1) is 29.9. The molecule has 9 heteroatoms. The molecule has 48 valence electrons. The summed E-state index contributed by atoms with van der Waals surface area (Å²) in [6, 6.07) is 0. The van der Waals surface area contributed by atoms with E-state index < -0.39 is 31.4 Å². The molecule has 0 fully saturated rings. The molecule has 0 spiro atoms. The summed E-state index contributed by atoms with van der Waals surface area (Å²) in [5, 5.41) is 0. The van der Waals surface area contributed by atoms with Crippen molar-refractivity contribution in [2.24, 2.45) is 0 Å². The summed E-state index contributed by atoms with van der Waals surface area (Å²) in [4.78, 5) is 0. The van der Waals surface area contributed by atoms with Crippen molar-refractivity contribution in [3.05, 3.63) is 0 Å². The maximum atomic E-state index is 8.50. The Hall–Kier alpha value is 2.63. The van der Waals surface area contributed by atoms with Gasteiger partial charge in [-0.15, -0.1) is 0 Å². The van der Waals surface area contributed by atoms with Crippen LogP contribution >= 0.6 is 0 Å². The van der Waals surface area contributed by atoms with Crippen molar-refractivity contribution in [2.75, 3.05) is 0 Å². The number of rotatable bonds is 0. The Balaban J connectivity index is -0.00000000889. The van der Waals surface area contributed by atoms with Crippen LogP contribution in [0.15, 0.2) is 0 Å². The summed E-state index contributed by atoms with van der Waals surface area (Å²) < 4.78 is 34.0. The zero-order chi connectivity index (χ0) is 5.41. The molecular weight excluding hydrogens is 395 g/mol. The van der Waals surface area contributed by atoms with Crippen molar-refractivity contribution in [1.29, 1.82) is 0 Å². The van der Waals surface area contributed by atoms with Crippen LogP contribution in [0.5, 0.6) is 0 Å². The molecule has 0 aromatic rings. The van der Waals surface area contributed by atoms with Gasteiger partial charge in [-0.3, -0.25) is 0 Å². The van der Waals surface area contributed by atoms with Gasteiger partial charge >= 0.3 is 120 Å². The van der Waals surface area contributed by atoms with E-state index in [9.17, 15) is 0 Å². The van der Waals surface area contributed by atoms with Crippen molar-refractivity contribution >= 4 is 104 Å². The molecule has 0 aromatic carbocycles. The van der Waals surface area contributed by atoms with Crippen LogP contribution < -0.4 is 8.27 Å². The standard InChI is InChI=1S/Ca.2GeO2.2GeH3/c;2*2-1-3;;/h;;;2*1H3/q+2;2*-1;;. The Morgan fingerprint density at radius 2 is 0.889 bits per heavy atom. The summed E-state index contributed by atoms with van der Waals surface area (Å²) >= 11 is -4.00. The van der Waals surface area contributed by atoms with Gasteiger partial charge in [0.2, 0.25) is 0 Å². The first-order chi connectivity index (χ1) is 2.83. The molecule has 0 unspecified atom stereocenters. The minimum atomic E-state index is -2.00. The molecule has 0 aliphatic carbocycles. The molecular formula is H6CaGe4O4. The van der Waals surface area contributed by atoms with Crippen LogP contribution in [0.3, 0.4) is 0 Å². The number of hydrogen-bond acceptors (Lipinski definition) is 4. The van der Waals surface area contributed by atoms with E-state index in [-0.39, 0.29) is 72.9 Å². The maximum absolute atomic E-state index is 8.50. The predicted molar refractivity (Wildman–Crippen MR) is 38.5 cm³/mol. The number of hydrogen-bond donors (Lipinski definition) is 0. The molecule has 0 saturated carbocycles. The summed E-state index contributed by atoms with van der Waals surface area (Å²) in [5.74, 6) is 0. The molecule has 9 heavy (non-hydrogen) atoms. The fraction of sp³-hybridized carbons (Fsp3) is 0. The van der Waals surface area contributed by atoms with E-state index in [1.54, 1.807) is 0 Å². The van der Waals surface area contributed by atoms with Crippen molar-refractivity contribution in [3.63, 3.8) is 0 Å². The van der Waals surface area contributed by atoms with Crippen LogP contribution in [0.2, 0.25) is 0 Å². The monoisotopic (exact) mass is 406 g/mol. The average molecular weight is 401 g/mol. The molecule has 0 saturated heterocycles. The third kappa shape index (κ3) is 114. The van der Waals surface area contributed by atoms with Gasteiger partial charge < -0.3 is 0 Å². The van der Waals surface area contributed by atoms with Gasteiger partial charge in [-0.1, -0.05) is 0 Å². The van der Waals surface area contributed by atoms with Crippen LogP contribution in [-0.4, -0.2) is 104 Å². The second kappa shape index (κ2) is 46.0. The van der Waals surface area contributed by atoms with Gasteiger partial charge in [0.05, 0.1) is 0 Å². The molecule has 0 amide bonds. The van der Waals surface area contributed by atoms with Gasteiger partial charge in [-0.25, -0.2) is 0 Å². The van der Waals surface area contributed by atoms with Crippen molar-refractivity contribution in [1.82, 2.24) is 0 Å². The second-order valence-electron chi connectivity index (χ2n) is 0.167. The van der Waals surface area contributed by atoms with Crippen LogP contribution in [0.25, 0.3) is 0 Å². The predicted octanol–water partition coefficient (Wildman–Crippen LogP) is -6.13. The van der Waals surface area contributed by atoms with Gasteiger partial charge in [-0.2, -0.15) is 0 Å². The first-order valence-electron chi connectivity index (χ1n) is 0.816. The summed E-state index contributed by atoms with van der Waals surface area (Å²) in [7, 11) is 0. The topological polar surface area (TPSA) is 80.3 Å². The van der Waals surface area contributed by atoms with Crippen LogP contribution in [0, 0.1) is 0 Å². The Labute approximate surface area is 118 Å². The Morgan fingerprint density at radius 3 is 0.889 bits per heavy atom. The third-order valence-corrected chi connectivity index (χ3v) is 0. The van der Waals surface area contributed by atoms with Gasteiger partial charge in [0.15, 0.2) is 0 Å². The fourth-order valence-electron chi connectivity index (χ4n) is 0. The molecule has 0 atom stereocenters. The molecule has 0 rings (SSSR count). The molecule has 0 N–H and O–H groups in total. The molecule has 0 bridgehead atoms. The minimum absolute atomic E-state index is 0. The van der Waals surface area contributed by atoms with Crippen LogP contribution in [0.4, 0.5) is 0 Å². The van der Waals surface area contributed by atoms with Crippen molar-refractivity contribution in [3.8, 4) is 0 Å². The summed E-state index contributed by atoms with van der Waals surface area (Å²) in [6.45, 7) is 0. The Kier molecular flexibility index (Phi) is 153. The fourth-order valence-corrected chi connectivity index (χ4v) is 0. The van der Waals surface area contributed by atoms with Gasteiger partial charge in [0.25, 0.3) is 0 Å². The van der Waals surface area contributed by atoms with Crippen molar-refractivity contribution < 1.29 is 15.8 Å². The molecule has 4 nitrogen and oxygen atoms in total. The van der Waals surface area contributed by atoms with Crippen LogP contribution in [-0.2, 0) is 7.56 Å². The summed E-state index contributed by atoms with van der Waals surface area (Å²) in [5.41, 5.74) is 0. The van der Waals surface area contributed by atoms with E-state index in [0.717, 1.165) is 0 Å². The quantitative estimate of drug-likeness (QED) is 0.379. The SMILES string of the molecule is [Ca+2].[GeH3].[GeH3].[O]=[Ge][O-].[O]=[Ge][O-]. The molecule has 0 aromatic heterocycles. The second-order valence-corrected chi connectivity index (χ2v) is 0.866. The molecule has 4 radical (unpaired) electrons. The molecule has 0 aliphatic rings. The van der Waals surface area contributed by atoms with Gasteiger partial charge in [0.1, 0.15) is 0 Å². The van der Waals surface area contributed by atoms with E-state index >= 15 is 0 Å². The van der Waals surface area contributed by atoms with Gasteiger partial charge in [-0.05, 0) is 0 Å². The van der Waals surface area contributed by atoms with E-state index in [0.29, 0.717) is 0 Å².